The van der Waals surface area contributed by atoms with Gasteiger partial charge in [0.15, 0.2) is 0 Å². The maximum Gasteiger partial charge on any atom is 0.115 e. The number of rotatable bonds is 0. The zero-order valence-electron chi connectivity index (χ0n) is 14.3. The molecule has 2 saturated carbocycles. The highest BCUT2D eigenvalue weighted by Gasteiger charge is 2.62. The number of phenols is 1. The highest BCUT2D eigenvalue weighted by molar-refractivity contribution is 5.41. The molecule has 0 saturated heterocycles. The summed E-state index contributed by atoms with van der Waals surface area (Å²) >= 11 is 0. The Morgan fingerprint density at radius 2 is 1.96 bits per heavy atom. The van der Waals surface area contributed by atoms with E-state index in [-0.39, 0.29) is 11.3 Å². The summed E-state index contributed by atoms with van der Waals surface area (Å²) in [6.45, 7) is 6.42. The molecular formula is C20H28O3. The molecule has 0 amide bonds. The normalized spacial score (nSPS) is 48.5. The van der Waals surface area contributed by atoms with Crippen molar-refractivity contribution >= 4 is 0 Å². The topological polar surface area (TPSA) is 60.7 Å². The van der Waals surface area contributed by atoms with Crippen molar-refractivity contribution in [1.82, 2.24) is 0 Å². The molecule has 3 nitrogen and oxygen atoms in total. The SMILES string of the molecule is C[C@@H]1Cc2cc(O)ccc2[C@@H]2[C@@H]1[C@@H]1CC[C@](C)(O)[C@@]1(C)C[C@@H]2O. The summed E-state index contributed by atoms with van der Waals surface area (Å²) < 4.78 is 0. The molecule has 7 atom stereocenters. The molecule has 1 aromatic rings. The van der Waals surface area contributed by atoms with Gasteiger partial charge in [-0.25, -0.2) is 0 Å². The molecule has 0 radical (unpaired) electrons. The van der Waals surface area contributed by atoms with E-state index >= 15 is 0 Å². The van der Waals surface area contributed by atoms with E-state index in [0.717, 1.165) is 19.3 Å². The van der Waals surface area contributed by atoms with Crippen molar-refractivity contribution in [1.29, 1.82) is 0 Å². The molecule has 0 bridgehead atoms. The van der Waals surface area contributed by atoms with E-state index in [1.165, 1.54) is 11.1 Å². The maximum atomic E-state index is 11.0. The molecule has 0 aromatic heterocycles. The van der Waals surface area contributed by atoms with Crippen LogP contribution in [0, 0.1) is 23.2 Å². The van der Waals surface area contributed by atoms with Gasteiger partial charge in [0.25, 0.3) is 0 Å². The lowest BCUT2D eigenvalue weighted by Gasteiger charge is -2.56. The fourth-order valence-corrected chi connectivity index (χ4v) is 6.24. The highest BCUT2D eigenvalue weighted by atomic mass is 16.3. The molecule has 3 aliphatic carbocycles. The summed E-state index contributed by atoms with van der Waals surface area (Å²) in [5, 5.41) is 31.7. The molecule has 3 aliphatic rings. The van der Waals surface area contributed by atoms with Gasteiger partial charge in [-0.2, -0.15) is 0 Å². The summed E-state index contributed by atoms with van der Waals surface area (Å²) in [7, 11) is 0. The second kappa shape index (κ2) is 4.73. The fourth-order valence-electron chi connectivity index (χ4n) is 6.24. The number of hydrogen-bond donors (Lipinski definition) is 3. The number of fused-ring (bicyclic) bond motifs is 5. The van der Waals surface area contributed by atoms with E-state index in [1.807, 2.05) is 19.1 Å². The van der Waals surface area contributed by atoms with Crippen LogP contribution in [0.3, 0.4) is 0 Å². The van der Waals surface area contributed by atoms with Crippen LogP contribution in [0.1, 0.15) is 57.1 Å². The van der Waals surface area contributed by atoms with E-state index in [9.17, 15) is 15.3 Å². The average molecular weight is 316 g/mol. The average Bonchev–Trinajstić information content (AvgIpc) is 2.68. The summed E-state index contributed by atoms with van der Waals surface area (Å²) in [6.07, 6.45) is 3.08. The Hall–Kier alpha value is -1.06. The van der Waals surface area contributed by atoms with Crippen LogP contribution >= 0.6 is 0 Å². The van der Waals surface area contributed by atoms with Crippen molar-refractivity contribution in [3.63, 3.8) is 0 Å². The van der Waals surface area contributed by atoms with Crippen LogP contribution in [-0.4, -0.2) is 27.0 Å². The molecule has 0 heterocycles. The molecule has 0 unspecified atom stereocenters. The lowest BCUT2D eigenvalue weighted by Crippen LogP contribution is -2.55. The zero-order valence-corrected chi connectivity index (χ0v) is 14.3. The molecule has 3 heteroatoms. The van der Waals surface area contributed by atoms with Crippen molar-refractivity contribution in [3.8, 4) is 5.75 Å². The van der Waals surface area contributed by atoms with Gasteiger partial charge >= 0.3 is 0 Å². The minimum Gasteiger partial charge on any atom is -0.508 e. The van der Waals surface area contributed by atoms with Gasteiger partial charge in [-0.3, -0.25) is 0 Å². The van der Waals surface area contributed by atoms with Gasteiger partial charge in [-0.05, 0) is 73.6 Å². The molecule has 126 valence electrons. The van der Waals surface area contributed by atoms with E-state index in [0.29, 0.717) is 29.9 Å². The van der Waals surface area contributed by atoms with E-state index < -0.39 is 11.7 Å². The Kier molecular flexibility index (Phi) is 3.18. The van der Waals surface area contributed by atoms with Crippen LogP contribution in [0.25, 0.3) is 0 Å². The molecule has 0 aliphatic heterocycles. The third kappa shape index (κ3) is 1.96. The Balaban J connectivity index is 1.82. The van der Waals surface area contributed by atoms with Crippen LogP contribution in [0.15, 0.2) is 18.2 Å². The number of hydrogen-bond acceptors (Lipinski definition) is 3. The maximum absolute atomic E-state index is 11.0. The van der Waals surface area contributed by atoms with Crippen molar-refractivity contribution in [2.75, 3.05) is 0 Å². The Morgan fingerprint density at radius 1 is 1.22 bits per heavy atom. The number of aliphatic hydroxyl groups is 2. The monoisotopic (exact) mass is 316 g/mol. The van der Waals surface area contributed by atoms with Crippen LogP contribution in [0.5, 0.6) is 5.75 Å². The number of aliphatic hydroxyl groups excluding tert-OH is 1. The first-order valence-corrected chi connectivity index (χ1v) is 8.97. The van der Waals surface area contributed by atoms with Gasteiger partial charge in [-0.15, -0.1) is 0 Å². The summed E-state index contributed by atoms with van der Waals surface area (Å²) in [5.41, 5.74) is 1.52. The minimum atomic E-state index is -0.682. The highest BCUT2D eigenvalue weighted by Crippen LogP contribution is 2.65. The lowest BCUT2D eigenvalue weighted by molar-refractivity contribution is -0.132. The van der Waals surface area contributed by atoms with E-state index in [2.05, 4.69) is 13.8 Å². The predicted molar refractivity (Wildman–Crippen MR) is 89.3 cm³/mol. The van der Waals surface area contributed by atoms with Gasteiger partial charge in [0, 0.05) is 11.3 Å². The van der Waals surface area contributed by atoms with Crippen molar-refractivity contribution < 1.29 is 15.3 Å². The summed E-state index contributed by atoms with van der Waals surface area (Å²) in [5.74, 6) is 1.79. The lowest BCUT2D eigenvalue weighted by atomic mass is 9.50. The van der Waals surface area contributed by atoms with Crippen LogP contribution in [-0.2, 0) is 6.42 Å². The van der Waals surface area contributed by atoms with Gasteiger partial charge in [0.1, 0.15) is 5.75 Å². The second-order valence-corrected chi connectivity index (χ2v) is 8.78. The minimum absolute atomic E-state index is 0.140. The predicted octanol–water partition coefficient (Wildman–Crippen LogP) is 3.22. The van der Waals surface area contributed by atoms with Crippen molar-refractivity contribution in [3.05, 3.63) is 29.3 Å². The summed E-state index contributed by atoms with van der Waals surface area (Å²) in [6, 6.07) is 5.62. The first kappa shape index (κ1) is 15.5. The van der Waals surface area contributed by atoms with Crippen molar-refractivity contribution in [2.45, 2.75) is 64.1 Å². The number of aromatic hydroxyl groups is 1. The summed E-state index contributed by atoms with van der Waals surface area (Å²) in [4.78, 5) is 0. The van der Waals surface area contributed by atoms with Crippen molar-refractivity contribution in [2.24, 2.45) is 23.2 Å². The number of benzene rings is 1. The Labute approximate surface area is 138 Å². The molecule has 2 fully saturated rings. The number of phenolic OH excluding ortho intramolecular Hbond substituents is 1. The Morgan fingerprint density at radius 3 is 2.70 bits per heavy atom. The smallest absolute Gasteiger partial charge is 0.115 e. The van der Waals surface area contributed by atoms with Gasteiger partial charge in [-0.1, -0.05) is 19.9 Å². The third-order valence-electron chi connectivity index (χ3n) is 7.60. The quantitative estimate of drug-likeness (QED) is 0.689. The van der Waals surface area contributed by atoms with Crippen LogP contribution in [0.4, 0.5) is 0 Å². The second-order valence-electron chi connectivity index (χ2n) is 8.78. The van der Waals surface area contributed by atoms with E-state index in [1.54, 1.807) is 6.07 Å². The first-order valence-electron chi connectivity index (χ1n) is 8.97. The largest absolute Gasteiger partial charge is 0.508 e. The van der Waals surface area contributed by atoms with Crippen LogP contribution < -0.4 is 0 Å². The third-order valence-corrected chi connectivity index (χ3v) is 7.60. The molecular weight excluding hydrogens is 288 g/mol. The van der Waals surface area contributed by atoms with Gasteiger partial charge in [0.05, 0.1) is 11.7 Å². The molecule has 3 N–H and O–H groups in total. The van der Waals surface area contributed by atoms with E-state index in [4.69, 9.17) is 0 Å². The Bertz CT molecular complexity index is 638. The van der Waals surface area contributed by atoms with Gasteiger partial charge in [0.2, 0.25) is 0 Å². The first-order chi connectivity index (χ1) is 10.7. The molecule has 23 heavy (non-hydrogen) atoms. The zero-order chi connectivity index (χ0) is 16.6. The van der Waals surface area contributed by atoms with Crippen LogP contribution in [0.2, 0.25) is 0 Å². The molecule has 1 aromatic carbocycles. The standard InChI is InChI=1S/C20H28O3/c1-11-8-12-9-13(21)4-5-14(12)18-16(22)10-19(2)15(17(11)18)6-7-20(19,3)23/h4-5,9,11,15-18,21-23H,6-8,10H2,1-3H3/t11-,15+,16+,17+,18+,19+,20+/m1/s1. The fraction of sp³-hybridized carbons (Fsp3) is 0.700. The molecule has 0 spiro atoms. The van der Waals surface area contributed by atoms with Gasteiger partial charge < -0.3 is 15.3 Å². The molecule has 4 rings (SSSR count).